The zero-order chi connectivity index (χ0) is 19.1. The summed E-state index contributed by atoms with van der Waals surface area (Å²) in [5, 5.41) is 30.6. The van der Waals surface area contributed by atoms with Crippen LogP contribution in [0, 0.1) is 0 Å². The Bertz CT molecular complexity index is 1100. The van der Waals surface area contributed by atoms with Crippen molar-refractivity contribution in [3.05, 3.63) is 58.2 Å². The molecule has 2 heterocycles. The van der Waals surface area contributed by atoms with Crippen LogP contribution in [0.3, 0.4) is 0 Å². The van der Waals surface area contributed by atoms with Gasteiger partial charge in [-0.25, -0.2) is 0 Å². The number of hydrogen-bond acceptors (Lipinski definition) is 7. The predicted octanol–water partition coefficient (Wildman–Crippen LogP) is 2.71. The minimum Gasteiger partial charge on any atom is -0.508 e. The predicted molar refractivity (Wildman–Crippen MR) is 91.4 cm³/mol. The summed E-state index contributed by atoms with van der Waals surface area (Å²) in [6.45, 7) is 1.75. The molecule has 3 aliphatic rings. The summed E-state index contributed by atoms with van der Waals surface area (Å²) >= 11 is 0. The fourth-order valence-corrected chi connectivity index (χ4v) is 3.94. The zero-order valence-corrected chi connectivity index (χ0v) is 14.1. The maximum absolute atomic E-state index is 13.0. The van der Waals surface area contributed by atoms with E-state index in [4.69, 9.17) is 9.47 Å². The van der Waals surface area contributed by atoms with E-state index in [1.165, 1.54) is 6.07 Å². The van der Waals surface area contributed by atoms with Crippen molar-refractivity contribution in [3.63, 3.8) is 0 Å². The Morgan fingerprint density at radius 1 is 1.04 bits per heavy atom. The second-order valence-electron chi connectivity index (χ2n) is 7.01. The highest BCUT2D eigenvalue weighted by Crippen LogP contribution is 2.51. The van der Waals surface area contributed by atoms with E-state index < -0.39 is 35.0 Å². The number of carbonyl (C=O) groups is 2. The van der Waals surface area contributed by atoms with E-state index in [-0.39, 0.29) is 39.3 Å². The molecular formula is C20H14O7. The molecule has 7 heteroatoms. The number of aromatic hydroxyl groups is 3. The van der Waals surface area contributed by atoms with Gasteiger partial charge in [0.25, 0.3) is 0 Å². The Labute approximate surface area is 153 Å². The summed E-state index contributed by atoms with van der Waals surface area (Å²) in [4.78, 5) is 25.9. The van der Waals surface area contributed by atoms with E-state index in [9.17, 15) is 24.9 Å². The van der Waals surface area contributed by atoms with Crippen LogP contribution in [0.5, 0.6) is 23.0 Å². The lowest BCUT2D eigenvalue weighted by Crippen LogP contribution is -2.42. The fraction of sp³-hybridized carbons (Fsp3) is 0.200. The highest BCUT2D eigenvalue weighted by Gasteiger charge is 2.44. The summed E-state index contributed by atoms with van der Waals surface area (Å²) in [5.41, 5.74) is -0.349. The molecule has 2 aromatic carbocycles. The average Bonchev–Trinajstić information content (AvgIpc) is 2.57. The number of ketones is 2. The number of hydrogen-bond donors (Lipinski definition) is 3. The van der Waals surface area contributed by atoms with Gasteiger partial charge in [-0.1, -0.05) is 12.2 Å². The van der Waals surface area contributed by atoms with Crippen LogP contribution in [0.2, 0.25) is 0 Å². The zero-order valence-electron chi connectivity index (χ0n) is 14.1. The van der Waals surface area contributed by atoms with E-state index in [0.29, 0.717) is 6.42 Å². The smallest absolute Gasteiger partial charge is 0.212 e. The monoisotopic (exact) mass is 366 g/mol. The SMILES string of the molecule is C[C@]12CC=C[C@@H](O1)c1c(cc3c(c1O)C(=O)c1c(O)cc(O)cc1C3=O)O2. The van der Waals surface area contributed by atoms with Crippen molar-refractivity contribution in [2.45, 2.75) is 25.2 Å². The van der Waals surface area contributed by atoms with Gasteiger partial charge in [0.2, 0.25) is 11.6 Å². The maximum atomic E-state index is 13.0. The van der Waals surface area contributed by atoms with Crippen LogP contribution in [-0.4, -0.2) is 32.7 Å². The van der Waals surface area contributed by atoms with Crippen LogP contribution in [0.1, 0.15) is 56.9 Å². The van der Waals surface area contributed by atoms with Gasteiger partial charge in [0.15, 0.2) is 5.78 Å². The lowest BCUT2D eigenvalue weighted by molar-refractivity contribution is -0.211. The van der Waals surface area contributed by atoms with Gasteiger partial charge in [0, 0.05) is 30.5 Å². The van der Waals surface area contributed by atoms with Gasteiger partial charge in [-0.2, -0.15) is 0 Å². The van der Waals surface area contributed by atoms with Crippen molar-refractivity contribution in [2.75, 3.05) is 0 Å². The van der Waals surface area contributed by atoms with Crippen molar-refractivity contribution in [2.24, 2.45) is 0 Å². The third kappa shape index (κ3) is 2.00. The number of rotatable bonds is 0. The highest BCUT2D eigenvalue weighted by molar-refractivity contribution is 6.30. The molecule has 0 unspecified atom stereocenters. The van der Waals surface area contributed by atoms with Crippen LogP contribution < -0.4 is 4.74 Å². The molecule has 0 saturated heterocycles. The van der Waals surface area contributed by atoms with E-state index in [0.717, 1.165) is 12.1 Å². The van der Waals surface area contributed by atoms with Gasteiger partial charge in [0.1, 0.15) is 29.1 Å². The molecule has 0 fully saturated rings. The number of ether oxygens (including phenoxy) is 2. The van der Waals surface area contributed by atoms with E-state index in [2.05, 4.69) is 0 Å². The number of carbonyl (C=O) groups excluding carboxylic acids is 2. The average molecular weight is 366 g/mol. The molecule has 2 bridgehead atoms. The first kappa shape index (κ1) is 15.9. The second kappa shape index (κ2) is 4.89. The molecule has 2 aliphatic heterocycles. The van der Waals surface area contributed by atoms with Crippen molar-refractivity contribution in [1.29, 1.82) is 0 Å². The molecular weight excluding hydrogens is 352 g/mol. The number of phenols is 3. The van der Waals surface area contributed by atoms with Crippen LogP contribution in [0.4, 0.5) is 0 Å². The third-order valence-electron chi connectivity index (χ3n) is 5.13. The summed E-state index contributed by atoms with van der Waals surface area (Å²) < 4.78 is 11.7. The van der Waals surface area contributed by atoms with Gasteiger partial charge >= 0.3 is 0 Å². The molecule has 0 radical (unpaired) electrons. The first-order valence-electron chi connectivity index (χ1n) is 8.38. The van der Waals surface area contributed by atoms with Gasteiger partial charge < -0.3 is 24.8 Å². The molecule has 1 aliphatic carbocycles. The van der Waals surface area contributed by atoms with Crippen LogP contribution in [-0.2, 0) is 4.74 Å². The lowest BCUT2D eigenvalue weighted by atomic mass is 9.80. The molecule has 5 rings (SSSR count). The minimum atomic E-state index is -0.927. The van der Waals surface area contributed by atoms with Crippen molar-refractivity contribution in [1.82, 2.24) is 0 Å². The first-order chi connectivity index (χ1) is 12.8. The molecule has 3 N–H and O–H groups in total. The normalized spacial score (nSPS) is 24.7. The molecule has 27 heavy (non-hydrogen) atoms. The van der Waals surface area contributed by atoms with E-state index >= 15 is 0 Å². The molecule has 0 amide bonds. The Hall–Kier alpha value is -3.32. The largest absolute Gasteiger partial charge is 0.508 e. The minimum absolute atomic E-state index is 0.0405. The van der Waals surface area contributed by atoms with Gasteiger partial charge in [-0.05, 0) is 12.1 Å². The molecule has 7 nitrogen and oxygen atoms in total. The fourth-order valence-electron chi connectivity index (χ4n) is 3.94. The quantitative estimate of drug-likeness (QED) is 0.524. The van der Waals surface area contributed by atoms with Crippen molar-refractivity contribution in [3.8, 4) is 23.0 Å². The summed E-state index contributed by atoms with van der Waals surface area (Å²) in [5.74, 6) is -3.22. The van der Waals surface area contributed by atoms with E-state index in [1.807, 2.05) is 6.08 Å². The Balaban J connectivity index is 1.80. The third-order valence-corrected chi connectivity index (χ3v) is 5.13. The van der Waals surface area contributed by atoms with Gasteiger partial charge in [0.05, 0.1) is 16.7 Å². The van der Waals surface area contributed by atoms with E-state index in [1.54, 1.807) is 13.0 Å². The molecule has 2 atom stereocenters. The van der Waals surface area contributed by atoms with Crippen molar-refractivity contribution >= 4 is 11.6 Å². The molecule has 2 aromatic rings. The molecule has 0 spiro atoms. The Morgan fingerprint density at radius 2 is 1.78 bits per heavy atom. The van der Waals surface area contributed by atoms with Crippen LogP contribution in [0.15, 0.2) is 30.4 Å². The van der Waals surface area contributed by atoms with Gasteiger partial charge in [-0.3, -0.25) is 9.59 Å². The highest BCUT2D eigenvalue weighted by atomic mass is 16.7. The standard InChI is InChI=1S/C20H14O7/c1-20-4-2-3-12(26-20)16-13(27-20)7-10-15(19(16)25)18(24)14-9(17(10)23)5-8(21)6-11(14)22/h2-3,5-7,12,21-22,25H,4H2,1H3/t12-,20+/m1/s1. The lowest BCUT2D eigenvalue weighted by Gasteiger charge is -2.42. The van der Waals surface area contributed by atoms with Crippen LogP contribution >= 0.6 is 0 Å². The summed E-state index contributed by atoms with van der Waals surface area (Å²) in [7, 11) is 0. The number of phenolic OH excluding ortho intramolecular Hbond substituents is 3. The summed E-state index contributed by atoms with van der Waals surface area (Å²) in [6.07, 6.45) is 3.51. The number of benzene rings is 2. The summed E-state index contributed by atoms with van der Waals surface area (Å²) in [6, 6.07) is 3.52. The maximum Gasteiger partial charge on any atom is 0.212 e. The van der Waals surface area contributed by atoms with Gasteiger partial charge in [-0.15, -0.1) is 0 Å². The molecule has 0 aromatic heterocycles. The number of fused-ring (bicyclic) bond motifs is 6. The topological polar surface area (TPSA) is 113 Å². The molecule has 0 saturated carbocycles. The molecule has 136 valence electrons. The Kier molecular flexibility index (Phi) is 2.88. The Morgan fingerprint density at radius 3 is 2.56 bits per heavy atom. The van der Waals surface area contributed by atoms with Crippen LogP contribution in [0.25, 0.3) is 0 Å². The first-order valence-corrected chi connectivity index (χ1v) is 8.38. The van der Waals surface area contributed by atoms with Crippen molar-refractivity contribution < 1.29 is 34.4 Å². The second-order valence-corrected chi connectivity index (χ2v) is 7.01.